The zero-order chi connectivity index (χ0) is 14.8. The molecule has 0 aliphatic carbocycles. The topological polar surface area (TPSA) is 84.6 Å². The molecule has 1 rings (SSSR count). The predicted octanol–water partition coefficient (Wildman–Crippen LogP) is 1.95. The van der Waals surface area contributed by atoms with Gasteiger partial charge in [0.05, 0.1) is 6.61 Å². The maximum absolute atomic E-state index is 12.0. The highest BCUT2D eigenvalue weighted by Gasteiger charge is 2.08. The quantitative estimate of drug-likeness (QED) is 0.477. The lowest BCUT2D eigenvalue weighted by Gasteiger charge is -2.09. The van der Waals surface area contributed by atoms with Crippen molar-refractivity contribution in [3.05, 3.63) is 23.8 Å². The highest BCUT2D eigenvalue weighted by atomic mass is 16.5. The minimum absolute atomic E-state index is 0.139. The molecule has 0 aliphatic heterocycles. The molecule has 0 aromatic heterocycles. The molecule has 1 aromatic carbocycles. The van der Waals surface area contributed by atoms with Crippen LogP contribution in [0.25, 0.3) is 0 Å². The van der Waals surface area contributed by atoms with Crippen LogP contribution in [0.15, 0.2) is 18.2 Å². The third kappa shape index (κ3) is 5.93. The molecule has 0 unspecified atom stereocenters. The molecule has 112 valence electrons. The van der Waals surface area contributed by atoms with E-state index in [0.29, 0.717) is 30.2 Å². The van der Waals surface area contributed by atoms with Crippen LogP contribution < -0.4 is 15.8 Å². The van der Waals surface area contributed by atoms with Crippen molar-refractivity contribution in [2.75, 3.05) is 25.5 Å². The standard InChI is InChI=1S/C15H24N2O3/c1-2-20-14-10-12(9-13(16)11-14)15(19)17-7-5-3-4-6-8-18/h9-11,18H,2-8,16H2,1H3,(H,17,19). The lowest BCUT2D eigenvalue weighted by atomic mass is 10.1. The van der Waals surface area contributed by atoms with Gasteiger partial charge in [-0.25, -0.2) is 0 Å². The first kappa shape index (κ1) is 16.3. The Bertz CT molecular complexity index is 422. The minimum Gasteiger partial charge on any atom is -0.494 e. The first-order valence-electron chi connectivity index (χ1n) is 7.09. The van der Waals surface area contributed by atoms with E-state index in [4.69, 9.17) is 15.6 Å². The van der Waals surface area contributed by atoms with Crippen molar-refractivity contribution in [3.8, 4) is 5.75 Å². The number of nitrogens with one attached hydrogen (secondary N) is 1. The SMILES string of the molecule is CCOc1cc(N)cc(C(=O)NCCCCCCO)c1. The van der Waals surface area contributed by atoms with Crippen LogP contribution in [-0.4, -0.2) is 30.8 Å². The predicted molar refractivity (Wildman–Crippen MR) is 79.9 cm³/mol. The van der Waals surface area contributed by atoms with Crippen LogP contribution in [0.3, 0.4) is 0 Å². The van der Waals surface area contributed by atoms with E-state index in [0.717, 1.165) is 25.7 Å². The number of amides is 1. The molecule has 4 N–H and O–H groups in total. The van der Waals surface area contributed by atoms with E-state index in [-0.39, 0.29) is 12.5 Å². The number of carbonyl (C=O) groups is 1. The fourth-order valence-electron chi connectivity index (χ4n) is 1.90. The third-order valence-corrected chi connectivity index (χ3v) is 2.87. The molecule has 0 saturated carbocycles. The van der Waals surface area contributed by atoms with E-state index in [1.165, 1.54) is 0 Å². The van der Waals surface area contributed by atoms with Crippen LogP contribution in [0.1, 0.15) is 43.0 Å². The average molecular weight is 280 g/mol. The van der Waals surface area contributed by atoms with Crippen molar-refractivity contribution < 1.29 is 14.6 Å². The lowest BCUT2D eigenvalue weighted by molar-refractivity contribution is 0.0952. The number of aliphatic hydroxyl groups is 1. The monoisotopic (exact) mass is 280 g/mol. The highest BCUT2D eigenvalue weighted by molar-refractivity contribution is 5.95. The van der Waals surface area contributed by atoms with Gasteiger partial charge in [-0.3, -0.25) is 4.79 Å². The molecular weight excluding hydrogens is 256 g/mol. The first-order chi connectivity index (χ1) is 9.67. The van der Waals surface area contributed by atoms with Crippen molar-refractivity contribution in [1.29, 1.82) is 0 Å². The van der Waals surface area contributed by atoms with E-state index < -0.39 is 0 Å². The maximum Gasteiger partial charge on any atom is 0.251 e. The van der Waals surface area contributed by atoms with E-state index in [1.807, 2.05) is 6.92 Å². The molecular formula is C15H24N2O3. The smallest absolute Gasteiger partial charge is 0.251 e. The molecule has 0 saturated heterocycles. The number of hydrogen-bond acceptors (Lipinski definition) is 4. The molecule has 0 radical (unpaired) electrons. The van der Waals surface area contributed by atoms with Gasteiger partial charge in [-0.2, -0.15) is 0 Å². The van der Waals surface area contributed by atoms with Crippen LogP contribution in [-0.2, 0) is 0 Å². The Morgan fingerprint density at radius 3 is 2.70 bits per heavy atom. The summed E-state index contributed by atoms with van der Waals surface area (Å²) < 4.78 is 5.36. The summed E-state index contributed by atoms with van der Waals surface area (Å²) in [7, 11) is 0. The number of rotatable bonds is 9. The summed E-state index contributed by atoms with van der Waals surface area (Å²) in [6.45, 7) is 3.28. The molecule has 1 aromatic rings. The number of hydrogen-bond donors (Lipinski definition) is 3. The largest absolute Gasteiger partial charge is 0.494 e. The van der Waals surface area contributed by atoms with Gasteiger partial charge in [0.25, 0.3) is 5.91 Å². The Morgan fingerprint density at radius 2 is 2.00 bits per heavy atom. The number of nitrogen functional groups attached to an aromatic ring is 1. The van der Waals surface area contributed by atoms with Gasteiger partial charge in [0.2, 0.25) is 0 Å². The van der Waals surface area contributed by atoms with Crippen LogP contribution in [0.2, 0.25) is 0 Å². The van der Waals surface area contributed by atoms with Crippen molar-refractivity contribution in [3.63, 3.8) is 0 Å². The van der Waals surface area contributed by atoms with Crippen LogP contribution in [0, 0.1) is 0 Å². The summed E-state index contributed by atoms with van der Waals surface area (Å²) in [5.41, 5.74) is 6.79. The molecule has 0 fully saturated rings. The van der Waals surface area contributed by atoms with Gasteiger partial charge in [0.1, 0.15) is 5.75 Å². The number of aliphatic hydroxyl groups excluding tert-OH is 1. The third-order valence-electron chi connectivity index (χ3n) is 2.87. The van der Waals surface area contributed by atoms with Crippen molar-refractivity contribution in [2.45, 2.75) is 32.6 Å². The van der Waals surface area contributed by atoms with Crippen LogP contribution >= 0.6 is 0 Å². The fraction of sp³-hybridized carbons (Fsp3) is 0.533. The molecule has 20 heavy (non-hydrogen) atoms. The summed E-state index contributed by atoms with van der Waals surface area (Å²) in [5, 5.41) is 11.5. The maximum atomic E-state index is 12.0. The molecule has 0 heterocycles. The first-order valence-corrected chi connectivity index (χ1v) is 7.09. The number of unbranched alkanes of at least 4 members (excludes halogenated alkanes) is 3. The second-order valence-corrected chi connectivity index (χ2v) is 4.62. The van der Waals surface area contributed by atoms with Crippen molar-refractivity contribution >= 4 is 11.6 Å². The minimum atomic E-state index is -0.139. The van der Waals surface area contributed by atoms with Gasteiger partial charge < -0.3 is 20.9 Å². The number of nitrogens with two attached hydrogens (primary N) is 1. The normalized spacial score (nSPS) is 10.3. The Kier molecular flexibility index (Phi) is 7.50. The van der Waals surface area contributed by atoms with E-state index >= 15 is 0 Å². The average Bonchev–Trinajstić information content (AvgIpc) is 2.42. The summed E-state index contributed by atoms with van der Waals surface area (Å²) in [6.07, 6.45) is 3.72. The Morgan fingerprint density at radius 1 is 1.25 bits per heavy atom. The summed E-state index contributed by atoms with van der Waals surface area (Å²) in [5.74, 6) is 0.473. The zero-order valence-corrected chi connectivity index (χ0v) is 12.0. The molecule has 0 bridgehead atoms. The zero-order valence-electron chi connectivity index (χ0n) is 12.0. The Balaban J connectivity index is 2.42. The van der Waals surface area contributed by atoms with Gasteiger partial charge in [-0.15, -0.1) is 0 Å². The highest BCUT2D eigenvalue weighted by Crippen LogP contribution is 2.18. The summed E-state index contributed by atoms with van der Waals surface area (Å²) in [6, 6.07) is 5.04. The molecule has 0 spiro atoms. The molecule has 0 aliphatic rings. The molecule has 0 atom stereocenters. The Labute approximate surface area is 120 Å². The fourth-order valence-corrected chi connectivity index (χ4v) is 1.90. The molecule has 5 heteroatoms. The van der Waals surface area contributed by atoms with Gasteiger partial charge >= 0.3 is 0 Å². The molecule has 5 nitrogen and oxygen atoms in total. The van der Waals surface area contributed by atoms with E-state index in [9.17, 15) is 4.79 Å². The van der Waals surface area contributed by atoms with Crippen molar-refractivity contribution in [2.24, 2.45) is 0 Å². The number of anilines is 1. The van der Waals surface area contributed by atoms with Crippen LogP contribution in [0.4, 0.5) is 5.69 Å². The second kappa shape index (κ2) is 9.20. The van der Waals surface area contributed by atoms with Crippen LogP contribution in [0.5, 0.6) is 5.75 Å². The van der Waals surface area contributed by atoms with E-state index in [1.54, 1.807) is 18.2 Å². The second-order valence-electron chi connectivity index (χ2n) is 4.62. The Hall–Kier alpha value is -1.75. The van der Waals surface area contributed by atoms with Gasteiger partial charge in [0.15, 0.2) is 0 Å². The van der Waals surface area contributed by atoms with Gasteiger partial charge in [-0.1, -0.05) is 12.8 Å². The van der Waals surface area contributed by atoms with Gasteiger partial charge in [0, 0.05) is 30.5 Å². The number of carbonyl (C=O) groups excluding carboxylic acids is 1. The number of benzene rings is 1. The number of ether oxygens (including phenoxy) is 1. The summed E-state index contributed by atoms with van der Waals surface area (Å²) in [4.78, 5) is 12.0. The summed E-state index contributed by atoms with van der Waals surface area (Å²) >= 11 is 0. The molecule has 1 amide bonds. The van der Waals surface area contributed by atoms with E-state index in [2.05, 4.69) is 5.32 Å². The van der Waals surface area contributed by atoms with Crippen molar-refractivity contribution in [1.82, 2.24) is 5.32 Å². The lowest BCUT2D eigenvalue weighted by Crippen LogP contribution is -2.24. The van der Waals surface area contributed by atoms with Gasteiger partial charge in [-0.05, 0) is 31.9 Å².